The molecule has 8 saturated carbocycles. The summed E-state index contributed by atoms with van der Waals surface area (Å²) in [5.41, 5.74) is 11.8. The Morgan fingerprint density at radius 3 is 1.50 bits per heavy atom. The number of benzene rings is 3. The maximum absolute atomic E-state index is 9.19. The van der Waals surface area contributed by atoms with Gasteiger partial charge in [0.2, 0.25) is 0 Å². The molecule has 0 unspecified atom stereocenters. The summed E-state index contributed by atoms with van der Waals surface area (Å²) in [6.07, 6.45) is 19.9. The third-order valence-corrected chi connectivity index (χ3v) is 17.9. The summed E-state index contributed by atoms with van der Waals surface area (Å²) in [6.45, 7) is 3.89. The number of morpholine rings is 1. The molecule has 284 valence electrons. The monoisotopic (exact) mass is 834 g/mol. The zero-order valence-corrected chi connectivity index (χ0v) is 34.0. The number of nitrogens with zero attached hydrogens (tertiary/aromatic N) is 1. The van der Waals surface area contributed by atoms with Crippen LogP contribution in [0.2, 0.25) is 0 Å². The minimum Gasteiger partial charge on any atom is -0.698 e. The van der Waals surface area contributed by atoms with Gasteiger partial charge >= 0.3 is 0 Å². The third-order valence-electron chi connectivity index (χ3n) is 13.7. The predicted octanol–water partition coefficient (Wildman–Crippen LogP) is 9.84. The quantitative estimate of drug-likeness (QED) is 0.157. The maximum atomic E-state index is 9.19. The van der Waals surface area contributed by atoms with Crippen molar-refractivity contribution in [3.8, 4) is 11.1 Å². The van der Waals surface area contributed by atoms with Crippen LogP contribution in [-0.2, 0) is 35.3 Å². The molecule has 52 heavy (non-hydrogen) atoms. The van der Waals surface area contributed by atoms with Crippen molar-refractivity contribution in [2.24, 2.45) is 35.5 Å². The summed E-state index contributed by atoms with van der Waals surface area (Å²) in [5.74, 6) is 6.49. The summed E-state index contributed by atoms with van der Waals surface area (Å²) in [5, 5.41) is 3.30. The molecule has 3 aromatic rings. The van der Waals surface area contributed by atoms with Gasteiger partial charge in [-0.05, 0) is 148 Å². The van der Waals surface area contributed by atoms with Crippen molar-refractivity contribution in [2.75, 3.05) is 37.5 Å². The van der Waals surface area contributed by atoms with Crippen molar-refractivity contribution in [3.05, 3.63) is 84.6 Å². The molecule has 12 rings (SSSR count). The van der Waals surface area contributed by atoms with Crippen LogP contribution in [0.25, 0.3) is 16.9 Å². The molecular weight excluding hydrogens is 778 g/mol. The molecule has 8 bridgehead atoms. The normalized spacial score (nSPS) is 34.3. The fraction of sp³-hybridized carbons (Fsp3) is 0.581. The molecular formula is C43H57N2O4PPdS. The fourth-order valence-corrected chi connectivity index (χ4v) is 18.8. The largest absolute Gasteiger partial charge is 0.698 e. The number of rotatable bonds is 5. The van der Waals surface area contributed by atoms with Gasteiger partial charge in [-0.2, -0.15) is 8.42 Å². The van der Waals surface area contributed by atoms with E-state index < -0.39 is 18.0 Å². The van der Waals surface area contributed by atoms with Crippen LogP contribution < -0.4 is 10.2 Å². The van der Waals surface area contributed by atoms with Crippen LogP contribution in [0.3, 0.4) is 0 Å². The maximum Gasteiger partial charge on any atom is 0.261 e. The Bertz CT molecular complexity index is 1640. The van der Waals surface area contributed by atoms with Crippen LogP contribution in [0, 0.1) is 35.5 Å². The Kier molecular flexibility index (Phi) is 11.7. The topological polar surface area (TPSA) is 90.6 Å². The summed E-state index contributed by atoms with van der Waals surface area (Å²) < 4.78 is 31.5. The molecule has 6 nitrogen and oxygen atoms in total. The molecule has 1 saturated heterocycles. The van der Waals surface area contributed by atoms with Gasteiger partial charge in [0.05, 0.1) is 35.1 Å². The van der Waals surface area contributed by atoms with E-state index >= 15 is 0 Å². The van der Waals surface area contributed by atoms with Crippen LogP contribution in [-0.4, -0.2) is 55.8 Å². The van der Waals surface area contributed by atoms with Gasteiger partial charge in [-0.25, -0.2) is 0 Å². The molecule has 0 atom stereocenters. The van der Waals surface area contributed by atoms with Gasteiger partial charge in [0.15, 0.2) is 0 Å². The van der Waals surface area contributed by atoms with Crippen molar-refractivity contribution < 1.29 is 38.1 Å². The zero-order valence-electron chi connectivity index (χ0n) is 30.6. The van der Waals surface area contributed by atoms with E-state index in [0.29, 0.717) is 11.9 Å². The molecule has 9 fully saturated rings. The van der Waals surface area contributed by atoms with E-state index in [4.69, 9.17) is 15.0 Å². The number of hydrogen-bond acceptors (Lipinski definition) is 4. The first kappa shape index (κ1) is 38.5. The summed E-state index contributed by atoms with van der Waals surface area (Å²) >= 11 is 0. The molecule has 0 amide bonds. The summed E-state index contributed by atoms with van der Waals surface area (Å²) in [4.78, 5) is 2.55. The van der Waals surface area contributed by atoms with Crippen molar-refractivity contribution in [1.82, 2.24) is 0 Å². The van der Waals surface area contributed by atoms with E-state index in [1.165, 1.54) is 5.69 Å². The van der Waals surface area contributed by atoms with Crippen molar-refractivity contribution in [1.29, 1.82) is 0 Å². The number of hydrogen-bond donors (Lipinski definition) is 1. The van der Waals surface area contributed by atoms with E-state index in [-0.39, 0.29) is 20.4 Å². The fourth-order valence-electron chi connectivity index (χ4n) is 13.0. The molecule has 0 aromatic heterocycles. The van der Waals surface area contributed by atoms with Crippen LogP contribution in [0.4, 0.5) is 11.4 Å². The molecule has 3 aromatic carbocycles. The first-order chi connectivity index (χ1) is 24.5. The Labute approximate surface area is 327 Å². The first-order valence-corrected chi connectivity index (χ1v) is 23.0. The van der Waals surface area contributed by atoms with Gasteiger partial charge in [-0.3, -0.25) is 4.55 Å². The second-order valence-electron chi connectivity index (χ2n) is 17.6. The summed E-state index contributed by atoms with van der Waals surface area (Å²) in [7, 11) is -4.27. The van der Waals surface area contributed by atoms with Gasteiger partial charge in [0, 0.05) is 47.1 Å². The van der Waals surface area contributed by atoms with Gasteiger partial charge < -0.3 is 15.4 Å². The van der Waals surface area contributed by atoms with Gasteiger partial charge in [-0.15, -0.1) is 5.69 Å². The second kappa shape index (κ2) is 15.8. The summed E-state index contributed by atoms with van der Waals surface area (Å²) in [6, 6.07) is 28.0. The zero-order chi connectivity index (χ0) is 35.2. The number of anilines is 1. The average molecular weight is 835 g/mol. The molecule has 2 N–H and O–H groups in total. The molecule has 8 aliphatic carbocycles. The SMILES string of the molecule is CS(=O)(=O)O.[NH-]c1ccccc1-c1ccccc1.[Pd].c1cc([PH+](C23CC4CC(CC(C4)C2)C3)C23CC4CC(CC(C4)C2)C3)ccc1N1CCOCC1. The van der Waals surface area contributed by atoms with Gasteiger partial charge in [0.1, 0.15) is 0 Å². The number of ether oxygens (including phenoxy) is 1. The molecule has 0 radical (unpaired) electrons. The van der Waals surface area contributed by atoms with Crippen molar-refractivity contribution >= 4 is 34.7 Å². The van der Waals surface area contributed by atoms with Crippen LogP contribution in [0.15, 0.2) is 78.9 Å². The molecule has 9 heteroatoms. The number of nitrogens with one attached hydrogen (secondary N) is 1. The van der Waals surface area contributed by atoms with Crippen molar-refractivity contribution in [3.63, 3.8) is 0 Å². The predicted molar refractivity (Wildman–Crippen MR) is 213 cm³/mol. The van der Waals surface area contributed by atoms with E-state index in [1.807, 2.05) is 59.9 Å². The second-order valence-corrected chi connectivity index (χ2v) is 22.5. The standard InChI is InChI=1S/C30H42NOP.C12H10N.CH4O3S.Pd/c1-3-28(4-2-27(1)31-5-7-32-8-6-31)33(29-15-21-9-22(16-29)11-23(10-21)17-29)30-18-24-12-25(19-30)14-26(13-24)20-30;13-12-9-5-4-8-11(12)10-6-2-1-3-7-10;1-5(2,3)4;/h1-4,21-26H,5-20H2;1-9,13H;1H3,(H,2,3,4);/q;-1;;/p+1. The minimum atomic E-state index is -3.67. The average Bonchev–Trinajstić information content (AvgIpc) is 3.08. The van der Waals surface area contributed by atoms with E-state index in [2.05, 4.69) is 29.2 Å². The minimum absolute atomic E-state index is 0. The molecule has 9 aliphatic rings. The Morgan fingerprint density at radius 1 is 0.673 bits per heavy atom. The first-order valence-electron chi connectivity index (χ1n) is 19.6. The molecule has 1 aliphatic heterocycles. The Balaban J connectivity index is 0.000000185. The van der Waals surface area contributed by atoms with Gasteiger partial charge in [-0.1, -0.05) is 54.6 Å². The van der Waals surface area contributed by atoms with E-state index in [1.54, 1.807) is 77.0 Å². The third kappa shape index (κ3) is 8.39. The van der Waals surface area contributed by atoms with E-state index in [0.717, 1.165) is 83.2 Å². The van der Waals surface area contributed by atoms with Crippen molar-refractivity contribution in [2.45, 2.75) is 87.4 Å². The van der Waals surface area contributed by atoms with Gasteiger partial charge in [0.25, 0.3) is 10.1 Å². The molecule has 0 spiro atoms. The Hall–Kier alpha value is -1.78. The van der Waals surface area contributed by atoms with E-state index in [9.17, 15) is 8.42 Å². The van der Waals surface area contributed by atoms with Crippen LogP contribution >= 0.6 is 7.92 Å². The smallest absolute Gasteiger partial charge is 0.261 e. The Morgan fingerprint density at radius 2 is 1.08 bits per heavy atom. The van der Waals surface area contributed by atoms with Crippen LogP contribution in [0.1, 0.15) is 77.0 Å². The van der Waals surface area contributed by atoms with Crippen LogP contribution in [0.5, 0.6) is 0 Å². The molecule has 1 heterocycles.